The van der Waals surface area contributed by atoms with Crippen LogP contribution in [-0.2, 0) is 4.79 Å². The number of anilines is 1. The lowest BCUT2D eigenvalue weighted by Gasteiger charge is -2.11. The van der Waals surface area contributed by atoms with E-state index in [1.54, 1.807) is 17.9 Å². The van der Waals surface area contributed by atoms with Gasteiger partial charge < -0.3 is 14.8 Å². The predicted octanol–water partition coefficient (Wildman–Crippen LogP) is 3.35. The molecule has 4 aromatic rings. The van der Waals surface area contributed by atoms with Crippen LogP contribution in [0.2, 0.25) is 0 Å². The highest BCUT2D eigenvalue weighted by Gasteiger charge is 2.15. The molecule has 31 heavy (non-hydrogen) atoms. The van der Waals surface area contributed by atoms with Gasteiger partial charge in [-0.15, -0.1) is 5.10 Å². The molecular formula is C21H20N6O3S. The third-order valence-electron chi connectivity index (χ3n) is 4.32. The van der Waals surface area contributed by atoms with E-state index in [0.717, 1.165) is 11.4 Å². The van der Waals surface area contributed by atoms with E-state index in [4.69, 9.17) is 9.47 Å². The summed E-state index contributed by atoms with van der Waals surface area (Å²) in [5, 5.41) is 11.9. The predicted molar refractivity (Wildman–Crippen MR) is 118 cm³/mol. The van der Waals surface area contributed by atoms with E-state index < -0.39 is 0 Å². The summed E-state index contributed by atoms with van der Waals surface area (Å²) < 4.78 is 12.4. The van der Waals surface area contributed by atoms with Crippen molar-refractivity contribution < 1.29 is 14.3 Å². The number of carbonyl (C=O) groups excluding carboxylic acids is 1. The SMILES string of the molecule is CCOc1ccccc1NC(=O)CSc1ncnc2c1nnn2-c1ccc(OC)cc1. The van der Waals surface area contributed by atoms with Crippen LogP contribution in [0, 0.1) is 0 Å². The first-order chi connectivity index (χ1) is 15.2. The molecule has 1 amide bonds. The Hall–Kier alpha value is -3.66. The molecule has 0 aliphatic heterocycles. The maximum atomic E-state index is 12.5. The molecule has 0 spiro atoms. The van der Waals surface area contributed by atoms with Gasteiger partial charge in [0.2, 0.25) is 5.91 Å². The standard InChI is InChI=1S/C21H20N6O3S/c1-3-30-17-7-5-4-6-16(17)24-18(28)12-31-21-19-20(22-13-23-21)27(26-25-19)14-8-10-15(29-2)11-9-14/h4-11,13H,3,12H2,1-2H3,(H,24,28). The van der Waals surface area contributed by atoms with Crippen LogP contribution in [-0.4, -0.2) is 50.3 Å². The lowest BCUT2D eigenvalue weighted by atomic mass is 10.3. The zero-order chi connectivity index (χ0) is 21.6. The summed E-state index contributed by atoms with van der Waals surface area (Å²) in [7, 11) is 1.61. The first-order valence-electron chi connectivity index (χ1n) is 9.55. The maximum Gasteiger partial charge on any atom is 0.234 e. The minimum atomic E-state index is -0.175. The van der Waals surface area contributed by atoms with Crippen molar-refractivity contribution >= 4 is 34.5 Å². The van der Waals surface area contributed by atoms with Crippen molar-refractivity contribution in [2.45, 2.75) is 11.9 Å². The summed E-state index contributed by atoms with van der Waals surface area (Å²) in [6.45, 7) is 2.42. The van der Waals surface area contributed by atoms with Crippen molar-refractivity contribution in [1.29, 1.82) is 0 Å². The minimum absolute atomic E-state index is 0.155. The third-order valence-corrected chi connectivity index (χ3v) is 5.30. The molecule has 9 nitrogen and oxygen atoms in total. The summed E-state index contributed by atoms with van der Waals surface area (Å²) >= 11 is 1.27. The molecule has 0 bridgehead atoms. The Bertz CT molecular complexity index is 1200. The molecule has 158 valence electrons. The number of fused-ring (bicyclic) bond motifs is 1. The Kier molecular flexibility index (Phi) is 6.27. The molecule has 0 unspecified atom stereocenters. The van der Waals surface area contributed by atoms with Gasteiger partial charge in [-0.1, -0.05) is 29.1 Å². The molecule has 0 fully saturated rings. The number of thioether (sulfide) groups is 1. The first-order valence-corrected chi connectivity index (χ1v) is 10.5. The van der Waals surface area contributed by atoms with Gasteiger partial charge in [-0.3, -0.25) is 4.79 Å². The highest BCUT2D eigenvalue weighted by Crippen LogP contribution is 2.26. The number of hydrogen-bond acceptors (Lipinski definition) is 8. The minimum Gasteiger partial charge on any atom is -0.497 e. The number of nitrogens with one attached hydrogen (secondary N) is 1. The molecule has 1 N–H and O–H groups in total. The van der Waals surface area contributed by atoms with Gasteiger partial charge in [0.25, 0.3) is 0 Å². The number of para-hydroxylation sites is 2. The number of aromatic nitrogens is 5. The molecule has 0 atom stereocenters. The highest BCUT2D eigenvalue weighted by molar-refractivity contribution is 8.00. The van der Waals surface area contributed by atoms with Gasteiger partial charge in [0.1, 0.15) is 22.9 Å². The molecule has 10 heteroatoms. The lowest BCUT2D eigenvalue weighted by Crippen LogP contribution is -2.15. The van der Waals surface area contributed by atoms with Crippen LogP contribution in [0.15, 0.2) is 59.9 Å². The normalized spacial score (nSPS) is 10.8. The van der Waals surface area contributed by atoms with Crippen LogP contribution in [0.3, 0.4) is 0 Å². The smallest absolute Gasteiger partial charge is 0.234 e. The molecule has 0 radical (unpaired) electrons. The average molecular weight is 436 g/mol. The van der Waals surface area contributed by atoms with E-state index in [1.807, 2.05) is 49.4 Å². The summed E-state index contributed by atoms with van der Waals surface area (Å²) in [5.74, 6) is 1.36. The number of rotatable bonds is 8. The molecule has 4 rings (SSSR count). The maximum absolute atomic E-state index is 12.5. The topological polar surface area (TPSA) is 104 Å². The fourth-order valence-electron chi connectivity index (χ4n) is 2.90. The number of benzene rings is 2. The van der Waals surface area contributed by atoms with E-state index in [1.165, 1.54) is 18.1 Å². The van der Waals surface area contributed by atoms with Crippen LogP contribution < -0.4 is 14.8 Å². The van der Waals surface area contributed by atoms with Gasteiger partial charge >= 0.3 is 0 Å². The van der Waals surface area contributed by atoms with Crippen LogP contribution in [0.5, 0.6) is 11.5 Å². The zero-order valence-corrected chi connectivity index (χ0v) is 17.8. The van der Waals surface area contributed by atoms with Crippen molar-refractivity contribution in [3.8, 4) is 17.2 Å². The second kappa shape index (κ2) is 9.43. The molecule has 0 aliphatic rings. The third kappa shape index (κ3) is 4.58. The zero-order valence-electron chi connectivity index (χ0n) is 17.0. The van der Waals surface area contributed by atoms with Gasteiger partial charge in [-0.05, 0) is 43.3 Å². The molecule has 2 heterocycles. The molecular weight excluding hydrogens is 416 g/mol. The first kappa shape index (κ1) is 20.6. The van der Waals surface area contributed by atoms with Crippen LogP contribution in [0.25, 0.3) is 16.9 Å². The Balaban J connectivity index is 1.49. The van der Waals surface area contributed by atoms with Crippen molar-refractivity contribution in [1.82, 2.24) is 25.0 Å². The molecule has 0 saturated heterocycles. The van der Waals surface area contributed by atoms with E-state index in [0.29, 0.717) is 34.2 Å². The van der Waals surface area contributed by atoms with Gasteiger partial charge in [0.15, 0.2) is 11.2 Å². The van der Waals surface area contributed by atoms with Gasteiger partial charge in [-0.25, -0.2) is 9.97 Å². The molecule has 2 aromatic carbocycles. The van der Waals surface area contributed by atoms with E-state index in [-0.39, 0.29) is 11.7 Å². The summed E-state index contributed by atoms with van der Waals surface area (Å²) in [5.41, 5.74) is 2.52. The van der Waals surface area contributed by atoms with Gasteiger partial charge in [0.05, 0.1) is 30.8 Å². The summed E-state index contributed by atoms with van der Waals surface area (Å²) in [6.07, 6.45) is 1.44. The Morgan fingerprint density at radius 3 is 2.71 bits per heavy atom. The van der Waals surface area contributed by atoms with Crippen molar-refractivity contribution in [3.63, 3.8) is 0 Å². The van der Waals surface area contributed by atoms with Crippen molar-refractivity contribution in [3.05, 3.63) is 54.9 Å². The van der Waals surface area contributed by atoms with Gasteiger partial charge in [-0.2, -0.15) is 4.68 Å². The number of ether oxygens (including phenoxy) is 2. The lowest BCUT2D eigenvalue weighted by molar-refractivity contribution is -0.113. The van der Waals surface area contributed by atoms with Crippen molar-refractivity contribution in [2.24, 2.45) is 0 Å². The number of amides is 1. The Morgan fingerprint density at radius 2 is 1.94 bits per heavy atom. The second-order valence-electron chi connectivity index (χ2n) is 6.32. The average Bonchev–Trinajstić information content (AvgIpc) is 3.24. The number of methoxy groups -OCH3 is 1. The van der Waals surface area contributed by atoms with E-state index in [2.05, 4.69) is 25.6 Å². The molecule has 2 aromatic heterocycles. The molecule has 0 aliphatic carbocycles. The number of hydrogen-bond donors (Lipinski definition) is 1. The second-order valence-corrected chi connectivity index (χ2v) is 7.28. The van der Waals surface area contributed by atoms with E-state index in [9.17, 15) is 4.79 Å². The van der Waals surface area contributed by atoms with Gasteiger partial charge in [0, 0.05) is 0 Å². The van der Waals surface area contributed by atoms with Crippen LogP contribution >= 0.6 is 11.8 Å². The number of carbonyl (C=O) groups is 1. The van der Waals surface area contributed by atoms with E-state index >= 15 is 0 Å². The van der Waals surface area contributed by atoms with Crippen molar-refractivity contribution in [2.75, 3.05) is 24.8 Å². The fraction of sp³-hybridized carbons (Fsp3) is 0.190. The quantitative estimate of drug-likeness (QED) is 0.331. The molecule has 0 saturated carbocycles. The number of nitrogens with zero attached hydrogens (tertiary/aromatic N) is 5. The summed E-state index contributed by atoms with van der Waals surface area (Å²) in [4.78, 5) is 21.1. The van der Waals surface area contributed by atoms with Crippen LogP contribution in [0.1, 0.15) is 6.92 Å². The van der Waals surface area contributed by atoms with Crippen LogP contribution in [0.4, 0.5) is 5.69 Å². The Morgan fingerprint density at radius 1 is 1.13 bits per heavy atom. The largest absolute Gasteiger partial charge is 0.497 e. The monoisotopic (exact) mass is 436 g/mol. The highest BCUT2D eigenvalue weighted by atomic mass is 32.2. The summed E-state index contributed by atoms with van der Waals surface area (Å²) in [6, 6.07) is 14.7. The Labute approximate surface area is 182 Å². The fourth-order valence-corrected chi connectivity index (χ4v) is 3.63.